The van der Waals surface area contributed by atoms with Gasteiger partial charge in [0.1, 0.15) is 0 Å². The molecular weight excluding hydrogens is 467 g/mol. The molecule has 1 spiro atoms. The normalized spacial score (nSPS) is 22.8. The van der Waals surface area contributed by atoms with Crippen LogP contribution in [0.1, 0.15) is 38.7 Å². The Labute approximate surface area is 185 Å². The molecular formula is C21H33IN4O2. The van der Waals surface area contributed by atoms with Crippen molar-refractivity contribution >= 4 is 41.5 Å². The lowest BCUT2D eigenvalue weighted by atomic mass is 9.87. The Morgan fingerprint density at radius 3 is 2.89 bits per heavy atom. The fourth-order valence-electron chi connectivity index (χ4n) is 3.81. The van der Waals surface area contributed by atoms with Gasteiger partial charge in [0, 0.05) is 50.3 Å². The largest absolute Gasteiger partial charge is 0.381 e. The highest BCUT2D eigenvalue weighted by Crippen LogP contribution is 2.38. The Morgan fingerprint density at radius 1 is 1.39 bits per heavy atom. The maximum Gasteiger partial charge on any atom is 0.227 e. The van der Waals surface area contributed by atoms with Crippen LogP contribution in [-0.2, 0) is 16.1 Å². The van der Waals surface area contributed by atoms with E-state index >= 15 is 0 Å². The number of aliphatic imine (C=N–C) groups is 1. The Balaban J connectivity index is 0.00000280. The number of halogens is 1. The van der Waals surface area contributed by atoms with E-state index in [9.17, 15) is 4.79 Å². The molecule has 1 amide bonds. The van der Waals surface area contributed by atoms with E-state index in [1.54, 1.807) is 0 Å². The maximum atomic E-state index is 12.1. The number of carbonyl (C=O) groups is 1. The van der Waals surface area contributed by atoms with Gasteiger partial charge in [-0.15, -0.1) is 24.0 Å². The molecule has 156 valence electrons. The number of likely N-dealkylation sites (tertiary alicyclic amines) is 1. The predicted octanol–water partition coefficient (Wildman–Crippen LogP) is 3.48. The van der Waals surface area contributed by atoms with Gasteiger partial charge in [-0.1, -0.05) is 26.0 Å². The highest BCUT2D eigenvalue weighted by atomic mass is 127. The number of benzene rings is 1. The van der Waals surface area contributed by atoms with Crippen LogP contribution in [0.25, 0.3) is 0 Å². The first-order valence-electron chi connectivity index (χ1n) is 9.98. The summed E-state index contributed by atoms with van der Waals surface area (Å²) < 4.78 is 5.62. The van der Waals surface area contributed by atoms with Gasteiger partial charge in [0.2, 0.25) is 5.91 Å². The van der Waals surface area contributed by atoms with E-state index in [0.717, 1.165) is 56.4 Å². The third-order valence-electron chi connectivity index (χ3n) is 5.84. The summed E-state index contributed by atoms with van der Waals surface area (Å²) in [5, 5.41) is 6.47. The number of nitrogens with one attached hydrogen (secondary N) is 2. The van der Waals surface area contributed by atoms with Crippen molar-refractivity contribution in [3.63, 3.8) is 0 Å². The average Bonchev–Trinajstić information content (AvgIpc) is 3.32. The smallest absolute Gasteiger partial charge is 0.227 e. The number of rotatable bonds is 5. The van der Waals surface area contributed by atoms with Crippen LogP contribution in [0.3, 0.4) is 0 Å². The van der Waals surface area contributed by atoms with E-state index in [-0.39, 0.29) is 35.8 Å². The molecule has 1 aromatic rings. The van der Waals surface area contributed by atoms with E-state index in [4.69, 9.17) is 4.74 Å². The van der Waals surface area contributed by atoms with Gasteiger partial charge in [-0.25, -0.2) is 0 Å². The summed E-state index contributed by atoms with van der Waals surface area (Å²) in [5.74, 6) is 1.03. The van der Waals surface area contributed by atoms with Gasteiger partial charge in [0.05, 0.1) is 6.61 Å². The fourth-order valence-corrected chi connectivity index (χ4v) is 3.81. The van der Waals surface area contributed by atoms with E-state index in [0.29, 0.717) is 12.0 Å². The summed E-state index contributed by atoms with van der Waals surface area (Å²) in [4.78, 5) is 18.9. The second-order valence-corrected chi connectivity index (χ2v) is 7.87. The van der Waals surface area contributed by atoms with Crippen LogP contribution in [-0.4, -0.2) is 50.1 Å². The van der Waals surface area contributed by atoms with Gasteiger partial charge in [0.25, 0.3) is 0 Å². The molecule has 2 unspecified atom stereocenters. The lowest BCUT2D eigenvalue weighted by Crippen LogP contribution is -2.41. The summed E-state index contributed by atoms with van der Waals surface area (Å²) in [6.45, 7) is 8.44. The first-order chi connectivity index (χ1) is 13.0. The molecule has 0 aliphatic carbocycles. The minimum atomic E-state index is 0. The highest BCUT2D eigenvalue weighted by Gasteiger charge is 2.42. The minimum Gasteiger partial charge on any atom is -0.381 e. The Bertz CT molecular complexity index is 689. The van der Waals surface area contributed by atoms with Crippen molar-refractivity contribution in [1.29, 1.82) is 0 Å². The Morgan fingerprint density at radius 2 is 2.21 bits per heavy atom. The van der Waals surface area contributed by atoms with Gasteiger partial charge in [0.15, 0.2) is 5.96 Å². The van der Waals surface area contributed by atoms with Crippen molar-refractivity contribution in [3.05, 3.63) is 29.8 Å². The highest BCUT2D eigenvalue weighted by molar-refractivity contribution is 14.0. The van der Waals surface area contributed by atoms with Crippen molar-refractivity contribution in [2.45, 2.75) is 39.7 Å². The predicted molar refractivity (Wildman–Crippen MR) is 124 cm³/mol. The molecule has 3 rings (SSSR count). The number of ether oxygens (including phenoxy) is 1. The lowest BCUT2D eigenvalue weighted by Gasteiger charge is -2.25. The van der Waals surface area contributed by atoms with Crippen LogP contribution in [0.5, 0.6) is 0 Å². The maximum absolute atomic E-state index is 12.1. The summed E-state index contributed by atoms with van der Waals surface area (Å²) >= 11 is 0. The topological polar surface area (TPSA) is 66.0 Å². The zero-order chi connectivity index (χ0) is 19.3. The van der Waals surface area contributed by atoms with E-state index in [2.05, 4.69) is 26.6 Å². The first kappa shape index (κ1) is 22.9. The molecule has 28 heavy (non-hydrogen) atoms. The SMILES string of the molecule is CCC(C)C(=O)Nc1cccc(CNC(=NC)N2CCC3(CCOC3)C2)c1.I. The summed E-state index contributed by atoms with van der Waals surface area (Å²) in [6, 6.07) is 8.00. The van der Waals surface area contributed by atoms with Crippen LogP contribution in [0.2, 0.25) is 0 Å². The number of hydrogen-bond acceptors (Lipinski definition) is 3. The minimum absolute atomic E-state index is 0. The molecule has 0 aromatic heterocycles. The van der Waals surface area contributed by atoms with Gasteiger partial charge in [-0.05, 0) is 37.0 Å². The number of nitrogens with zero attached hydrogens (tertiary/aromatic N) is 2. The molecule has 6 nitrogen and oxygen atoms in total. The average molecular weight is 500 g/mol. The quantitative estimate of drug-likeness (QED) is 0.369. The summed E-state index contributed by atoms with van der Waals surface area (Å²) in [6.07, 6.45) is 3.16. The van der Waals surface area contributed by atoms with Crippen molar-refractivity contribution in [2.24, 2.45) is 16.3 Å². The van der Waals surface area contributed by atoms with E-state index < -0.39 is 0 Å². The van der Waals surface area contributed by atoms with Gasteiger partial charge < -0.3 is 20.3 Å². The molecule has 2 N–H and O–H groups in total. The molecule has 0 radical (unpaired) electrons. The van der Waals surface area contributed by atoms with Crippen LogP contribution >= 0.6 is 24.0 Å². The zero-order valence-corrected chi connectivity index (χ0v) is 19.5. The summed E-state index contributed by atoms with van der Waals surface area (Å²) in [5.41, 5.74) is 2.28. The van der Waals surface area contributed by atoms with Crippen molar-refractivity contribution in [2.75, 3.05) is 38.7 Å². The van der Waals surface area contributed by atoms with Crippen LogP contribution in [0.4, 0.5) is 5.69 Å². The van der Waals surface area contributed by atoms with Gasteiger partial charge >= 0.3 is 0 Å². The standard InChI is InChI=1S/C21H32N4O2.HI/c1-4-16(2)19(26)24-18-7-5-6-17(12-18)13-23-20(22-3)25-10-8-21(14-25)9-11-27-15-21;/h5-7,12,16H,4,8-11,13-15H2,1-3H3,(H,22,23)(H,24,26);1H. The second kappa shape index (κ2) is 10.4. The van der Waals surface area contributed by atoms with Gasteiger partial charge in [-0.2, -0.15) is 0 Å². The molecule has 2 heterocycles. The van der Waals surface area contributed by atoms with E-state index in [1.807, 2.05) is 39.1 Å². The molecule has 1 aromatic carbocycles. The van der Waals surface area contributed by atoms with Crippen LogP contribution in [0.15, 0.2) is 29.3 Å². The number of amides is 1. The fraction of sp³-hybridized carbons (Fsp3) is 0.619. The van der Waals surface area contributed by atoms with E-state index in [1.165, 1.54) is 6.42 Å². The molecule has 2 aliphatic rings. The molecule has 2 atom stereocenters. The monoisotopic (exact) mass is 500 g/mol. The second-order valence-electron chi connectivity index (χ2n) is 7.87. The van der Waals surface area contributed by atoms with Crippen molar-refractivity contribution < 1.29 is 9.53 Å². The summed E-state index contributed by atoms with van der Waals surface area (Å²) in [7, 11) is 1.83. The van der Waals surface area contributed by atoms with Gasteiger partial charge in [-0.3, -0.25) is 9.79 Å². The molecule has 2 fully saturated rings. The molecule has 2 saturated heterocycles. The molecule has 2 aliphatic heterocycles. The zero-order valence-electron chi connectivity index (χ0n) is 17.2. The number of anilines is 1. The third-order valence-corrected chi connectivity index (χ3v) is 5.84. The lowest BCUT2D eigenvalue weighted by molar-refractivity contribution is -0.119. The van der Waals surface area contributed by atoms with Crippen LogP contribution in [0, 0.1) is 11.3 Å². The first-order valence-corrected chi connectivity index (χ1v) is 9.98. The Kier molecular flexibility index (Phi) is 8.55. The van der Waals surface area contributed by atoms with Crippen molar-refractivity contribution in [3.8, 4) is 0 Å². The number of carbonyl (C=O) groups excluding carboxylic acids is 1. The van der Waals surface area contributed by atoms with Crippen molar-refractivity contribution in [1.82, 2.24) is 10.2 Å². The third kappa shape index (κ3) is 5.59. The Hall–Kier alpha value is -1.35. The molecule has 0 saturated carbocycles. The van der Waals surface area contributed by atoms with Crippen LogP contribution < -0.4 is 10.6 Å². The molecule has 0 bridgehead atoms. The number of hydrogen-bond donors (Lipinski definition) is 2. The number of guanidine groups is 1. The molecule has 7 heteroatoms.